The van der Waals surface area contributed by atoms with E-state index < -0.39 is 10.2 Å². The molecule has 27 heavy (non-hydrogen) atoms. The molecule has 0 unspecified atom stereocenters. The lowest BCUT2D eigenvalue weighted by molar-refractivity contribution is -0.383. The number of aromatic nitrogens is 2. The molecule has 0 saturated carbocycles. The molecule has 1 amide bonds. The van der Waals surface area contributed by atoms with Gasteiger partial charge in [-0.15, -0.1) is 10.2 Å². The molecule has 0 bridgehead atoms. The van der Waals surface area contributed by atoms with Gasteiger partial charge in [-0.3, -0.25) is 14.9 Å². The lowest BCUT2D eigenvalue weighted by atomic mass is 10.2. The molecule has 0 aliphatic carbocycles. The summed E-state index contributed by atoms with van der Waals surface area (Å²) in [6.45, 7) is 1.71. The fourth-order valence-corrected chi connectivity index (χ4v) is 4.05. The summed E-state index contributed by atoms with van der Waals surface area (Å²) < 4.78 is 0.624. The summed E-state index contributed by atoms with van der Waals surface area (Å²) in [7, 11) is 0. The molecule has 8 nitrogen and oxygen atoms in total. The first-order chi connectivity index (χ1) is 13.0. The largest absolute Gasteiger partial charge is 0.330 e. The van der Waals surface area contributed by atoms with Gasteiger partial charge in [0, 0.05) is 11.8 Å². The van der Waals surface area contributed by atoms with E-state index in [1.165, 1.54) is 35.2 Å². The van der Waals surface area contributed by atoms with Crippen LogP contribution in [0.5, 0.6) is 0 Å². The molecule has 0 spiro atoms. The molecular weight excluding hydrogens is 386 g/mol. The van der Waals surface area contributed by atoms with Crippen molar-refractivity contribution in [2.75, 3.05) is 10.6 Å². The maximum absolute atomic E-state index is 12.4. The number of hydrogen-bond donors (Lipinski definition) is 2. The van der Waals surface area contributed by atoms with Gasteiger partial charge in [-0.05, 0) is 25.1 Å². The van der Waals surface area contributed by atoms with Crippen molar-refractivity contribution in [3.05, 3.63) is 64.7 Å². The van der Waals surface area contributed by atoms with Crippen LogP contribution < -0.4 is 10.6 Å². The van der Waals surface area contributed by atoms with Crippen molar-refractivity contribution in [2.45, 2.75) is 16.5 Å². The lowest BCUT2D eigenvalue weighted by Gasteiger charge is -2.10. The van der Waals surface area contributed by atoms with Crippen LogP contribution in [0.1, 0.15) is 6.92 Å². The Labute approximate surface area is 163 Å². The molecule has 0 aliphatic heterocycles. The molecule has 3 rings (SSSR count). The van der Waals surface area contributed by atoms with Crippen LogP contribution in [-0.4, -0.2) is 26.3 Å². The quantitative estimate of drug-likeness (QED) is 0.345. The van der Waals surface area contributed by atoms with Gasteiger partial charge in [-0.1, -0.05) is 53.4 Å². The van der Waals surface area contributed by atoms with Gasteiger partial charge in [0.1, 0.15) is 5.69 Å². The van der Waals surface area contributed by atoms with Crippen LogP contribution in [0.4, 0.5) is 22.2 Å². The van der Waals surface area contributed by atoms with Crippen molar-refractivity contribution in [2.24, 2.45) is 0 Å². The number of amides is 1. The van der Waals surface area contributed by atoms with Crippen molar-refractivity contribution >= 4 is 51.2 Å². The number of anilines is 3. The summed E-state index contributed by atoms with van der Waals surface area (Å²) >= 11 is 2.57. The van der Waals surface area contributed by atoms with E-state index in [-0.39, 0.29) is 17.3 Å². The predicted molar refractivity (Wildman–Crippen MR) is 107 cm³/mol. The summed E-state index contributed by atoms with van der Waals surface area (Å²) in [5.41, 5.74) is 0.921. The molecule has 2 N–H and O–H groups in total. The first-order valence-corrected chi connectivity index (χ1v) is 9.59. The van der Waals surface area contributed by atoms with Gasteiger partial charge in [-0.25, -0.2) is 0 Å². The second-order valence-electron chi connectivity index (χ2n) is 5.39. The Bertz CT molecular complexity index is 949. The van der Waals surface area contributed by atoms with Gasteiger partial charge in [-0.2, -0.15) is 0 Å². The minimum Gasteiger partial charge on any atom is -0.330 e. The normalized spacial score (nSPS) is 11.6. The Balaban J connectivity index is 1.61. The smallest absolute Gasteiger partial charge is 0.292 e. The van der Waals surface area contributed by atoms with Crippen LogP contribution in [0.15, 0.2) is 58.9 Å². The second kappa shape index (κ2) is 8.60. The van der Waals surface area contributed by atoms with E-state index in [0.29, 0.717) is 9.47 Å². The molecule has 2 aromatic carbocycles. The maximum atomic E-state index is 12.4. The Morgan fingerprint density at radius 3 is 2.59 bits per heavy atom. The molecule has 0 radical (unpaired) electrons. The SMILES string of the molecule is C[C@H](Sc1nnc(Nc2ccccc2)s1)C(=O)Nc1ccccc1[N+](=O)[O-]. The molecule has 1 atom stereocenters. The molecule has 0 fully saturated rings. The van der Waals surface area contributed by atoms with Gasteiger partial charge >= 0.3 is 0 Å². The minimum atomic E-state index is -0.528. The Morgan fingerprint density at radius 2 is 1.85 bits per heavy atom. The maximum Gasteiger partial charge on any atom is 0.292 e. The number of hydrogen-bond acceptors (Lipinski definition) is 8. The number of benzene rings is 2. The number of nitro groups is 1. The number of thioether (sulfide) groups is 1. The molecular formula is C17H15N5O3S2. The number of carbonyl (C=O) groups excluding carboxylic acids is 1. The van der Waals surface area contributed by atoms with E-state index in [1.807, 2.05) is 30.3 Å². The van der Waals surface area contributed by atoms with Crippen molar-refractivity contribution in [3.8, 4) is 0 Å². The first-order valence-electron chi connectivity index (χ1n) is 7.89. The minimum absolute atomic E-state index is 0.145. The summed E-state index contributed by atoms with van der Waals surface area (Å²) in [5.74, 6) is -0.345. The van der Waals surface area contributed by atoms with Gasteiger partial charge < -0.3 is 10.6 Å². The van der Waals surface area contributed by atoms with Crippen LogP contribution in [-0.2, 0) is 4.79 Å². The first kappa shape index (κ1) is 18.8. The average molecular weight is 401 g/mol. The van der Waals surface area contributed by atoms with Crippen LogP contribution in [0.25, 0.3) is 0 Å². The summed E-state index contributed by atoms with van der Waals surface area (Å²) in [4.78, 5) is 22.9. The fraction of sp³-hybridized carbons (Fsp3) is 0.118. The third kappa shape index (κ3) is 5.02. The zero-order valence-electron chi connectivity index (χ0n) is 14.2. The third-order valence-corrected chi connectivity index (χ3v) is 5.46. The van der Waals surface area contributed by atoms with Crippen molar-refractivity contribution in [1.29, 1.82) is 0 Å². The standard InChI is InChI=1S/C17H15N5O3S2/c1-11(15(23)19-13-9-5-6-10-14(13)22(24)25)26-17-21-20-16(27-17)18-12-7-3-2-4-8-12/h2-11H,1H3,(H,18,20)(H,19,23)/t11-/m0/s1. The predicted octanol–water partition coefficient (Wildman–Crippen LogP) is 4.31. The number of nitrogens with zero attached hydrogens (tertiary/aromatic N) is 3. The number of para-hydroxylation sites is 3. The molecule has 1 heterocycles. The monoisotopic (exact) mass is 401 g/mol. The second-order valence-corrected chi connectivity index (χ2v) is 7.95. The highest BCUT2D eigenvalue weighted by Gasteiger charge is 2.21. The van der Waals surface area contributed by atoms with E-state index >= 15 is 0 Å². The van der Waals surface area contributed by atoms with Crippen LogP contribution in [0.2, 0.25) is 0 Å². The summed E-state index contributed by atoms with van der Waals surface area (Å²) in [6, 6.07) is 15.6. The number of nitrogens with one attached hydrogen (secondary N) is 2. The van der Waals surface area contributed by atoms with E-state index in [4.69, 9.17) is 0 Å². The molecule has 10 heteroatoms. The fourth-order valence-electron chi connectivity index (χ4n) is 2.13. The lowest BCUT2D eigenvalue weighted by Crippen LogP contribution is -2.22. The van der Waals surface area contributed by atoms with Gasteiger partial charge in [0.2, 0.25) is 11.0 Å². The highest BCUT2D eigenvalue weighted by Crippen LogP contribution is 2.31. The van der Waals surface area contributed by atoms with Crippen LogP contribution >= 0.6 is 23.1 Å². The molecule has 0 saturated heterocycles. The van der Waals surface area contributed by atoms with E-state index in [2.05, 4.69) is 20.8 Å². The molecule has 138 valence electrons. The highest BCUT2D eigenvalue weighted by molar-refractivity contribution is 8.02. The van der Waals surface area contributed by atoms with Crippen molar-refractivity contribution in [3.63, 3.8) is 0 Å². The van der Waals surface area contributed by atoms with Crippen LogP contribution in [0.3, 0.4) is 0 Å². The Morgan fingerprint density at radius 1 is 1.15 bits per heavy atom. The molecule has 3 aromatic rings. The van der Waals surface area contributed by atoms with Crippen molar-refractivity contribution in [1.82, 2.24) is 10.2 Å². The van der Waals surface area contributed by atoms with Crippen LogP contribution in [0, 0.1) is 10.1 Å². The molecule has 1 aromatic heterocycles. The Hall–Kier alpha value is -2.98. The summed E-state index contributed by atoms with van der Waals surface area (Å²) in [5, 5.41) is 25.0. The molecule has 0 aliphatic rings. The zero-order chi connectivity index (χ0) is 19.2. The van der Waals surface area contributed by atoms with Gasteiger partial charge in [0.15, 0.2) is 4.34 Å². The average Bonchev–Trinajstić information content (AvgIpc) is 3.09. The number of rotatable bonds is 7. The number of nitro benzene ring substituents is 1. The third-order valence-electron chi connectivity index (χ3n) is 3.44. The van der Waals surface area contributed by atoms with Gasteiger partial charge in [0.25, 0.3) is 5.69 Å². The van der Waals surface area contributed by atoms with E-state index in [1.54, 1.807) is 19.1 Å². The zero-order valence-corrected chi connectivity index (χ0v) is 15.8. The summed E-state index contributed by atoms with van der Waals surface area (Å²) in [6.07, 6.45) is 0. The van der Waals surface area contributed by atoms with Crippen molar-refractivity contribution < 1.29 is 9.72 Å². The number of carbonyl (C=O) groups is 1. The van der Waals surface area contributed by atoms with Gasteiger partial charge in [0.05, 0.1) is 10.2 Å². The van der Waals surface area contributed by atoms with E-state index in [9.17, 15) is 14.9 Å². The highest BCUT2D eigenvalue weighted by atomic mass is 32.2. The van der Waals surface area contributed by atoms with E-state index in [0.717, 1.165) is 5.69 Å². The Kier molecular flexibility index (Phi) is 5.99. The topological polar surface area (TPSA) is 110 Å².